The fraction of sp³-hybridized carbons (Fsp3) is 0.286. The highest BCUT2D eigenvalue weighted by molar-refractivity contribution is 9.12. The van der Waals surface area contributed by atoms with Gasteiger partial charge in [-0.05, 0) is 28.1 Å². The van der Waals surface area contributed by atoms with Crippen LogP contribution in [0.25, 0.3) is 0 Å². The zero-order valence-corrected chi connectivity index (χ0v) is 7.78. The van der Waals surface area contributed by atoms with Crippen molar-refractivity contribution in [3.05, 3.63) is 21.7 Å². The lowest BCUT2D eigenvalue weighted by molar-refractivity contribution is -0.111. The first-order valence-electron chi connectivity index (χ1n) is 3.08. The highest BCUT2D eigenvalue weighted by Crippen LogP contribution is 2.38. The topological polar surface area (TPSA) is 29.6 Å². The average Bonchev–Trinajstić information content (AvgIpc) is 2.65. The summed E-state index contributed by atoms with van der Waals surface area (Å²) in [6, 6.07) is 0. The molecule has 2 aliphatic rings. The van der Waals surface area contributed by atoms with Gasteiger partial charge in [-0.3, -0.25) is 4.79 Å². The van der Waals surface area contributed by atoms with Gasteiger partial charge in [-0.2, -0.15) is 0 Å². The molecule has 0 amide bonds. The lowest BCUT2D eigenvalue weighted by atomic mass is 10.0. The average molecular weight is 235 g/mol. The number of halogens is 2. The van der Waals surface area contributed by atoms with Crippen LogP contribution in [0.3, 0.4) is 0 Å². The summed E-state index contributed by atoms with van der Waals surface area (Å²) in [5.41, 5.74) is -0.371. The molecule has 2 rings (SSSR count). The maximum atomic E-state index is 11.1. The number of allylic oxidation sites excluding steroid dienone is 2. The Morgan fingerprint density at radius 3 is 2.73 bits per heavy atom. The van der Waals surface area contributed by atoms with Gasteiger partial charge in [0.2, 0.25) is 5.78 Å². The number of epoxide rings is 1. The van der Waals surface area contributed by atoms with Crippen LogP contribution in [0.15, 0.2) is 21.7 Å². The summed E-state index contributed by atoms with van der Waals surface area (Å²) < 4.78 is 5.60. The highest BCUT2D eigenvalue weighted by Gasteiger charge is 2.44. The third-order valence-corrected chi connectivity index (χ3v) is 2.52. The third-order valence-electron chi connectivity index (χ3n) is 1.65. The predicted molar refractivity (Wildman–Crippen MR) is 44.6 cm³/mol. The van der Waals surface area contributed by atoms with Crippen molar-refractivity contribution in [2.24, 2.45) is 0 Å². The van der Waals surface area contributed by atoms with Crippen molar-refractivity contribution in [1.82, 2.24) is 0 Å². The summed E-state index contributed by atoms with van der Waals surface area (Å²) in [5, 5.41) is 0.233. The molecule has 58 valence electrons. The Morgan fingerprint density at radius 2 is 2.27 bits per heavy atom. The molecule has 11 heavy (non-hydrogen) atoms. The van der Waals surface area contributed by atoms with Gasteiger partial charge in [-0.1, -0.05) is 11.6 Å². The molecule has 1 aliphatic carbocycles. The summed E-state index contributed by atoms with van der Waals surface area (Å²) in [7, 11) is 0. The van der Waals surface area contributed by atoms with E-state index in [1.807, 2.05) is 0 Å². The van der Waals surface area contributed by atoms with Gasteiger partial charge in [-0.25, -0.2) is 0 Å². The van der Waals surface area contributed by atoms with E-state index < -0.39 is 0 Å². The number of ketones is 1. The normalized spacial score (nSPS) is 35.3. The quantitative estimate of drug-likeness (QED) is 0.599. The molecule has 1 spiro atoms. The molecule has 0 aromatic heterocycles. The smallest absolute Gasteiger partial charge is 0.210 e. The molecule has 1 atom stereocenters. The molecule has 4 heteroatoms. The van der Waals surface area contributed by atoms with E-state index in [1.165, 1.54) is 0 Å². The van der Waals surface area contributed by atoms with Gasteiger partial charge in [0.05, 0.1) is 16.1 Å². The molecule has 0 radical (unpaired) electrons. The van der Waals surface area contributed by atoms with Crippen LogP contribution in [0.1, 0.15) is 0 Å². The van der Waals surface area contributed by atoms with Crippen molar-refractivity contribution in [2.45, 2.75) is 5.60 Å². The van der Waals surface area contributed by atoms with E-state index in [9.17, 15) is 4.79 Å². The number of hydrogen-bond acceptors (Lipinski definition) is 2. The summed E-state index contributed by atoms with van der Waals surface area (Å²) in [4.78, 5) is 11.1. The Hall–Kier alpha value is -0.120. The Morgan fingerprint density at radius 1 is 1.64 bits per heavy atom. The van der Waals surface area contributed by atoms with E-state index in [0.717, 1.165) is 0 Å². The van der Waals surface area contributed by atoms with E-state index >= 15 is 0 Å². The van der Waals surface area contributed by atoms with Crippen LogP contribution in [0, 0.1) is 0 Å². The predicted octanol–water partition coefficient (Wildman–Crippen LogP) is 1.74. The number of Topliss-reactive ketones (excluding diaryl/α,β-unsaturated/α-hetero) is 1. The summed E-state index contributed by atoms with van der Waals surface area (Å²) in [5.74, 6) is -0.173. The molecular formula is C7H4BrClO2. The van der Waals surface area contributed by atoms with Crippen LogP contribution in [-0.4, -0.2) is 18.0 Å². The second-order valence-corrected chi connectivity index (χ2v) is 3.82. The summed E-state index contributed by atoms with van der Waals surface area (Å²) in [6.45, 7) is 0.617. The molecule has 1 fully saturated rings. The standard InChI is InChI=1S/C7H4BrClO2/c8-4-1-7(3-11-7)2-5(9)6(4)10/h1-2H,3H2. The van der Waals surface area contributed by atoms with Crippen LogP contribution in [-0.2, 0) is 9.53 Å². The Balaban J connectivity index is 2.40. The molecule has 1 heterocycles. The Labute approximate surface area is 77.0 Å². The molecular weight excluding hydrogens is 231 g/mol. The molecule has 0 N–H and O–H groups in total. The van der Waals surface area contributed by atoms with Gasteiger partial charge in [0, 0.05) is 0 Å². The van der Waals surface area contributed by atoms with Crippen LogP contribution in [0.5, 0.6) is 0 Å². The monoisotopic (exact) mass is 234 g/mol. The van der Waals surface area contributed by atoms with Crippen molar-refractivity contribution in [3.8, 4) is 0 Å². The minimum atomic E-state index is -0.371. The van der Waals surface area contributed by atoms with E-state index in [-0.39, 0.29) is 16.4 Å². The minimum absolute atomic E-state index is 0.173. The molecule has 0 bridgehead atoms. The van der Waals surface area contributed by atoms with E-state index in [2.05, 4.69) is 15.9 Å². The molecule has 0 aromatic carbocycles. The van der Waals surface area contributed by atoms with Crippen molar-refractivity contribution in [2.75, 3.05) is 6.61 Å². The lowest BCUT2D eigenvalue weighted by Crippen LogP contribution is -2.14. The summed E-state index contributed by atoms with van der Waals surface area (Å²) >= 11 is 8.76. The van der Waals surface area contributed by atoms with Crippen molar-refractivity contribution >= 4 is 33.3 Å². The summed E-state index contributed by atoms with van der Waals surface area (Å²) in [6.07, 6.45) is 3.38. The minimum Gasteiger partial charge on any atom is -0.361 e. The number of rotatable bonds is 0. The SMILES string of the molecule is O=C1C(Cl)=CC2(C=C1Br)CO2. The Kier molecular flexibility index (Phi) is 1.50. The number of ether oxygens (including phenoxy) is 1. The fourth-order valence-electron chi connectivity index (χ4n) is 0.966. The number of carbonyl (C=O) groups excluding carboxylic acids is 1. The molecule has 0 saturated carbocycles. The van der Waals surface area contributed by atoms with Gasteiger partial charge < -0.3 is 4.74 Å². The van der Waals surface area contributed by atoms with Gasteiger partial charge in [-0.15, -0.1) is 0 Å². The first-order chi connectivity index (χ1) is 5.13. The van der Waals surface area contributed by atoms with Gasteiger partial charge in [0.15, 0.2) is 0 Å². The zero-order chi connectivity index (χ0) is 8.06. The second-order valence-electron chi connectivity index (χ2n) is 2.56. The lowest BCUT2D eigenvalue weighted by Gasteiger charge is -2.08. The third kappa shape index (κ3) is 1.17. The van der Waals surface area contributed by atoms with Gasteiger partial charge in [0.1, 0.15) is 5.60 Å². The van der Waals surface area contributed by atoms with Gasteiger partial charge in [0.25, 0.3) is 0 Å². The number of hydrogen-bond donors (Lipinski definition) is 0. The molecule has 2 nitrogen and oxygen atoms in total. The largest absolute Gasteiger partial charge is 0.361 e. The van der Waals surface area contributed by atoms with Crippen LogP contribution in [0.4, 0.5) is 0 Å². The maximum absolute atomic E-state index is 11.1. The molecule has 1 unspecified atom stereocenters. The first kappa shape index (κ1) is 7.53. The van der Waals surface area contributed by atoms with Crippen molar-refractivity contribution < 1.29 is 9.53 Å². The van der Waals surface area contributed by atoms with Crippen molar-refractivity contribution in [1.29, 1.82) is 0 Å². The van der Waals surface area contributed by atoms with E-state index in [1.54, 1.807) is 12.2 Å². The number of carbonyl (C=O) groups is 1. The zero-order valence-electron chi connectivity index (χ0n) is 5.43. The molecule has 1 aliphatic heterocycles. The first-order valence-corrected chi connectivity index (χ1v) is 4.25. The second kappa shape index (κ2) is 2.19. The van der Waals surface area contributed by atoms with E-state index in [4.69, 9.17) is 16.3 Å². The van der Waals surface area contributed by atoms with Crippen molar-refractivity contribution in [3.63, 3.8) is 0 Å². The Bertz CT molecular complexity index is 265. The highest BCUT2D eigenvalue weighted by atomic mass is 79.9. The van der Waals surface area contributed by atoms with Crippen LogP contribution >= 0.6 is 27.5 Å². The van der Waals surface area contributed by atoms with Gasteiger partial charge >= 0.3 is 0 Å². The van der Waals surface area contributed by atoms with Crippen LogP contribution < -0.4 is 0 Å². The molecule has 0 aromatic rings. The fourth-order valence-corrected chi connectivity index (χ4v) is 1.97. The van der Waals surface area contributed by atoms with E-state index in [0.29, 0.717) is 11.1 Å². The maximum Gasteiger partial charge on any atom is 0.210 e. The van der Waals surface area contributed by atoms with Crippen LogP contribution in [0.2, 0.25) is 0 Å². The molecule has 1 saturated heterocycles.